The van der Waals surface area contributed by atoms with Crippen LogP contribution in [-0.2, 0) is 9.47 Å². The van der Waals surface area contributed by atoms with Gasteiger partial charge >= 0.3 is 20.6 Å². The molecule has 3 aliphatic rings. The third-order valence-corrected chi connectivity index (χ3v) is 7.03. The molecule has 41 heavy (non-hydrogen) atoms. The van der Waals surface area contributed by atoms with E-state index in [4.69, 9.17) is 56.8 Å². The van der Waals surface area contributed by atoms with Crippen molar-refractivity contribution in [3.05, 3.63) is 0 Å². The molecular weight excluding hydrogens is 517 g/mol. The third kappa shape index (κ3) is 30.7. The molecule has 12 heteroatoms. The van der Waals surface area contributed by atoms with Gasteiger partial charge in [0.05, 0.1) is 26.4 Å². The Balaban J connectivity index is -0.000000452. The predicted molar refractivity (Wildman–Crippen MR) is 178 cm³/mol. The average molecular weight is 591 g/mol. The number of ether oxygens (including phenoxy) is 2. The predicted octanol–water partition coefficient (Wildman–Crippen LogP) is 1.18. The van der Waals surface area contributed by atoms with Crippen LogP contribution in [-0.4, -0.2) is 84.9 Å². The van der Waals surface area contributed by atoms with E-state index in [2.05, 4.69) is 5.31 Å². The van der Waals surface area contributed by atoms with Crippen molar-refractivity contribution in [2.75, 3.05) is 65.7 Å². The van der Waals surface area contributed by atoms with Gasteiger partial charge in [-0.25, -0.2) is 0 Å². The second kappa shape index (κ2) is 34.0. The van der Waals surface area contributed by atoms with Crippen molar-refractivity contribution < 1.29 is 10.9 Å². The summed E-state index contributed by atoms with van der Waals surface area (Å²) in [6, 6.07) is 0.229. The molecule has 0 spiro atoms. The molecule has 3 rings (SSSR count). The minimum atomic E-state index is 0.115. The van der Waals surface area contributed by atoms with Crippen LogP contribution in [0.2, 0.25) is 8.23 Å². The fraction of sp³-hybridized carbons (Fsp3) is 1.00. The molecule has 0 saturated heterocycles. The number of nitrogens with two attached hydrogens (primary N) is 8. The van der Waals surface area contributed by atoms with E-state index in [-0.39, 0.29) is 12.1 Å². The van der Waals surface area contributed by atoms with E-state index in [9.17, 15) is 0 Å². The van der Waals surface area contributed by atoms with Crippen LogP contribution in [0.5, 0.6) is 0 Å². The molecule has 2 bridgehead atoms. The van der Waals surface area contributed by atoms with Crippen LogP contribution in [0.25, 0.3) is 0 Å². The van der Waals surface area contributed by atoms with Crippen LogP contribution >= 0.6 is 0 Å². The summed E-state index contributed by atoms with van der Waals surface area (Å²) in [5.41, 5.74) is 42.7. The number of rotatable bonds is 11. The second-order valence-electron chi connectivity index (χ2n) is 11.4. The molecule has 0 heterocycles. The topological polar surface area (TPSA) is 250 Å². The fourth-order valence-electron chi connectivity index (χ4n) is 5.20. The van der Waals surface area contributed by atoms with E-state index < -0.39 is 0 Å². The number of nitrogens with one attached hydrogen (secondary N) is 1. The summed E-state index contributed by atoms with van der Waals surface area (Å²) in [6.07, 6.45) is 11.2. The summed E-state index contributed by atoms with van der Waals surface area (Å²) >= 11 is 0. The van der Waals surface area contributed by atoms with Crippen LogP contribution < -0.4 is 45.9 Å². The first-order chi connectivity index (χ1) is 20.1. The van der Waals surface area contributed by atoms with Crippen molar-refractivity contribution in [3.63, 3.8) is 0 Å². The maximum absolute atomic E-state index is 6.02. The van der Waals surface area contributed by atoms with E-state index in [0.717, 1.165) is 55.8 Å². The standard InChI is InChI=1S/C8H18N2.C8H15N.C6H16N2O.C4H12N2O.C2H7N.CH4BN/c9-5-7-2-1-3-8(4-7)6-10;9-5-8-4-6-1-2-7(8)3-6;1-5(7)3-9-4-6(2)8;5-1-3-7-4-2-6;2*1-2-3/h7-8H,1-6,9-10H2;6-8H,1-5,9H2;5-6H,3-4,7-8H2,1-2H3;1-6H2;2-3H2,1H3;3H,1H3/i;;;;;3D. The molecule has 0 aromatic carbocycles. The van der Waals surface area contributed by atoms with E-state index in [1.807, 2.05) is 20.8 Å². The van der Waals surface area contributed by atoms with Gasteiger partial charge in [-0.05, 0) is 108 Å². The Kier molecular flexibility index (Phi) is 35.3. The first-order valence-electron chi connectivity index (χ1n) is 16.4. The monoisotopic (exact) mass is 591 g/mol. The van der Waals surface area contributed by atoms with Gasteiger partial charge in [-0.1, -0.05) is 19.8 Å². The molecule has 3 aliphatic carbocycles. The molecule has 248 valence electrons. The Morgan fingerprint density at radius 1 is 0.780 bits per heavy atom. The Hall–Kier alpha value is -0.535. The second-order valence-corrected chi connectivity index (χ2v) is 11.4. The zero-order valence-electron chi connectivity index (χ0n) is 28.2. The molecule has 3 fully saturated rings. The van der Waals surface area contributed by atoms with Crippen LogP contribution in [0.4, 0.5) is 0 Å². The summed E-state index contributed by atoms with van der Waals surface area (Å²) < 4.78 is 16.0. The molecule has 0 aromatic heterocycles. The summed E-state index contributed by atoms with van der Waals surface area (Å²) in [5.74, 6) is 4.54. The van der Waals surface area contributed by atoms with E-state index in [0.29, 0.717) is 39.5 Å². The number of hydrogen-bond donors (Lipinski definition) is 9. The average Bonchev–Trinajstić information content (AvgIpc) is 3.62. The van der Waals surface area contributed by atoms with Gasteiger partial charge in [-0.3, -0.25) is 0 Å². The van der Waals surface area contributed by atoms with Crippen molar-refractivity contribution in [3.8, 4) is 0 Å². The van der Waals surface area contributed by atoms with E-state index >= 15 is 0 Å². The van der Waals surface area contributed by atoms with E-state index in [1.165, 1.54) is 58.4 Å². The molecule has 3 saturated carbocycles. The Bertz CT molecular complexity index is 529. The van der Waals surface area contributed by atoms with Gasteiger partial charge in [0.1, 0.15) is 0 Å². The minimum absolute atomic E-state index is 0.115. The molecular formula is C29H72BN9O2. The Morgan fingerprint density at radius 2 is 1.27 bits per heavy atom. The normalized spacial score (nSPS) is 25.6. The maximum atomic E-state index is 6.02. The molecule has 0 amide bonds. The molecule has 17 N–H and O–H groups in total. The molecule has 0 aromatic rings. The van der Waals surface area contributed by atoms with Crippen LogP contribution in [0.15, 0.2) is 0 Å². The summed E-state index contributed by atoms with van der Waals surface area (Å²) in [7, 11) is 1.42. The zero-order valence-corrected chi connectivity index (χ0v) is 27.2. The van der Waals surface area contributed by atoms with Gasteiger partial charge in [0.15, 0.2) is 0 Å². The van der Waals surface area contributed by atoms with Crippen molar-refractivity contribution in [1.82, 2.24) is 0 Å². The molecule has 0 aliphatic heterocycles. The van der Waals surface area contributed by atoms with Crippen molar-refractivity contribution in [1.29, 1.82) is 5.31 Å². The van der Waals surface area contributed by atoms with Gasteiger partial charge in [0, 0.05) is 25.2 Å². The molecule has 7 atom stereocenters. The third-order valence-electron chi connectivity index (χ3n) is 7.03. The molecule has 0 radical (unpaired) electrons. The summed E-state index contributed by atoms with van der Waals surface area (Å²) in [5, 5.41) is 2.86. The quantitative estimate of drug-likeness (QED) is 0.123. The Labute approximate surface area is 255 Å². The first-order valence-corrected chi connectivity index (χ1v) is 15.9. The van der Waals surface area contributed by atoms with Crippen LogP contribution in [0.3, 0.4) is 0 Å². The number of fused-ring (bicyclic) bond motifs is 2. The van der Waals surface area contributed by atoms with Gasteiger partial charge in [-0.2, -0.15) is 0 Å². The Morgan fingerprint density at radius 3 is 1.54 bits per heavy atom. The molecule has 11 nitrogen and oxygen atoms in total. The number of hydrogen-bond acceptors (Lipinski definition) is 11. The van der Waals surface area contributed by atoms with Crippen LogP contribution in [0.1, 0.15) is 72.1 Å². The summed E-state index contributed by atoms with van der Waals surface area (Å²) in [6.45, 7) is 14.4. The van der Waals surface area contributed by atoms with Gasteiger partial charge in [0.2, 0.25) is 0 Å². The van der Waals surface area contributed by atoms with Crippen molar-refractivity contribution in [2.45, 2.75) is 91.0 Å². The van der Waals surface area contributed by atoms with Gasteiger partial charge < -0.3 is 55.3 Å². The first kappa shape index (κ1) is 42.6. The summed E-state index contributed by atoms with van der Waals surface area (Å²) in [4.78, 5) is 0. The zero-order chi connectivity index (χ0) is 32.6. The van der Waals surface area contributed by atoms with Gasteiger partial charge in [-0.15, -0.1) is 0 Å². The fourth-order valence-corrected chi connectivity index (χ4v) is 5.20. The van der Waals surface area contributed by atoms with Crippen molar-refractivity contribution >= 4 is 7.07 Å². The SMILES string of the molecule is CC(N)COCC(C)N.CCN.NCC1CC2CCC1C2.NCC1CCCC(CN)C1.NCCOCCN.[2H]N=BC. The molecule has 7 unspecified atom stereocenters. The van der Waals surface area contributed by atoms with E-state index in [1.54, 1.807) is 6.82 Å². The van der Waals surface area contributed by atoms with Crippen LogP contribution in [0, 0.1) is 34.9 Å². The van der Waals surface area contributed by atoms with Gasteiger partial charge in [0.25, 0.3) is 0 Å². The van der Waals surface area contributed by atoms with Crippen molar-refractivity contribution in [2.24, 2.45) is 75.5 Å².